The van der Waals surface area contributed by atoms with E-state index in [0.29, 0.717) is 13.2 Å². The zero-order valence-corrected chi connectivity index (χ0v) is 17.4. The van der Waals surface area contributed by atoms with Gasteiger partial charge in [0, 0.05) is 6.61 Å². The lowest BCUT2D eigenvalue weighted by molar-refractivity contribution is -0.0526. The van der Waals surface area contributed by atoms with Crippen LogP contribution in [-0.2, 0) is 4.74 Å². The van der Waals surface area contributed by atoms with Crippen LogP contribution in [0.3, 0.4) is 0 Å². The van der Waals surface area contributed by atoms with Gasteiger partial charge in [-0.3, -0.25) is 0 Å². The maximum Gasteiger partial charge on any atom is 0.0877 e. The molecule has 0 amide bonds. The van der Waals surface area contributed by atoms with Crippen LogP contribution in [0.25, 0.3) is 0 Å². The summed E-state index contributed by atoms with van der Waals surface area (Å²) in [4.78, 5) is 0. The van der Waals surface area contributed by atoms with Gasteiger partial charge in [0.2, 0.25) is 0 Å². The van der Waals surface area contributed by atoms with E-state index in [1.54, 1.807) is 0 Å². The van der Waals surface area contributed by atoms with Crippen LogP contribution in [0, 0.1) is 11.8 Å². The minimum Gasteiger partial charge on any atom is -0.387 e. The van der Waals surface area contributed by atoms with Crippen LogP contribution in [0.1, 0.15) is 112 Å². The SMILES string of the molecule is CCC[C@H](C)CC[C@@H](CC)CCCCCC[C@](O)(CC)COCC. The molecule has 0 aliphatic heterocycles. The highest BCUT2D eigenvalue weighted by Gasteiger charge is 2.23. The zero-order chi connectivity index (χ0) is 18.3. The molecule has 0 rings (SSSR count). The Morgan fingerprint density at radius 2 is 1.58 bits per heavy atom. The average Bonchev–Trinajstić information content (AvgIpc) is 2.59. The first kappa shape index (κ1) is 23.9. The Hall–Kier alpha value is -0.0800. The predicted octanol–water partition coefficient (Wildman–Crippen LogP) is 6.75. The minimum atomic E-state index is -0.600. The first-order valence-corrected chi connectivity index (χ1v) is 10.8. The lowest BCUT2D eigenvalue weighted by atomic mass is 9.88. The molecule has 0 aromatic rings. The van der Waals surface area contributed by atoms with Gasteiger partial charge in [0.05, 0.1) is 12.2 Å². The first-order valence-electron chi connectivity index (χ1n) is 10.8. The molecule has 0 aliphatic rings. The Bertz CT molecular complexity index is 267. The summed E-state index contributed by atoms with van der Waals surface area (Å²) in [5.74, 6) is 1.83. The summed E-state index contributed by atoms with van der Waals surface area (Å²) >= 11 is 0. The van der Waals surface area contributed by atoms with Gasteiger partial charge in [0.1, 0.15) is 0 Å². The summed E-state index contributed by atoms with van der Waals surface area (Å²) < 4.78 is 5.43. The van der Waals surface area contributed by atoms with E-state index in [1.807, 2.05) is 6.92 Å². The molecule has 146 valence electrons. The Morgan fingerprint density at radius 3 is 2.17 bits per heavy atom. The molecule has 0 heterocycles. The van der Waals surface area contributed by atoms with Crippen molar-refractivity contribution in [2.45, 2.75) is 117 Å². The summed E-state index contributed by atoms with van der Waals surface area (Å²) in [6, 6.07) is 0. The van der Waals surface area contributed by atoms with Gasteiger partial charge in [-0.05, 0) is 31.6 Å². The van der Waals surface area contributed by atoms with Gasteiger partial charge in [-0.2, -0.15) is 0 Å². The van der Waals surface area contributed by atoms with E-state index in [1.165, 1.54) is 57.8 Å². The third-order valence-electron chi connectivity index (χ3n) is 5.66. The van der Waals surface area contributed by atoms with Crippen LogP contribution in [0.15, 0.2) is 0 Å². The summed E-state index contributed by atoms with van der Waals surface area (Å²) in [6.07, 6.45) is 15.0. The summed E-state index contributed by atoms with van der Waals surface area (Å²) in [5, 5.41) is 10.5. The van der Waals surface area contributed by atoms with Crippen LogP contribution in [0.4, 0.5) is 0 Å². The van der Waals surface area contributed by atoms with Crippen LogP contribution < -0.4 is 0 Å². The molecule has 0 saturated carbocycles. The van der Waals surface area contributed by atoms with Crippen LogP contribution in [0.2, 0.25) is 0 Å². The van der Waals surface area contributed by atoms with Gasteiger partial charge in [0.25, 0.3) is 0 Å². The van der Waals surface area contributed by atoms with Gasteiger partial charge in [-0.25, -0.2) is 0 Å². The number of unbranched alkanes of at least 4 members (excludes halogenated alkanes) is 3. The number of hydrogen-bond donors (Lipinski definition) is 1. The Labute approximate surface area is 152 Å². The topological polar surface area (TPSA) is 29.5 Å². The van der Waals surface area contributed by atoms with E-state index in [0.717, 1.165) is 31.1 Å². The molecule has 0 spiro atoms. The van der Waals surface area contributed by atoms with E-state index in [4.69, 9.17) is 4.74 Å². The summed E-state index contributed by atoms with van der Waals surface area (Å²) in [7, 11) is 0. The second kappa shape index (κ2) is 15.2. The van der Waals surface area contributed by atoms with Crippen molar-refractivity contribution in [3.8, 4) is 0 Å². The van der Waals surface area contributed by atoms with E-state index in [9.17, 15) is 5.11 Å². The highest BCUT2D eigenvalue weighted by Crippen LogP contribution is 2.24. The Balaban J connectivity index is 3.75. The summed E-state index contributed by atoms with van der Waals surface area (Å²) in [6.45, 7) is 12.3. The molecule has 24 heavy (non-hydrogen) atoms. The molecule has 0 saturated heterocycles. The van der Waals surface area contributed by atoms with Crippen molar-refractivity contribution in [3.63, 3.8) is 0 Å². The molecule has 0 aromatic heterocycles. The van der Waals surface area contributed by atoms with Gasteiger partial charge in [-0.15, -0.1) is 0 Å². The fourth-order valence-corrected chi connectivity index (χ4v) is 3.59. The number of aliphatic hydroxyl groups is 1. The lowest BCUT2D eigenvalue weighted by Gasteiger charge is -2.26. The third-order valence-corrected chi connectivity index (χ3v) is 5.66. The quantitative estimate of drug-likeness (QED) is 0.296. The van der Waals surface area contributed by atoms with Gasteiger partial charge < -0.3 is 9.84 Å². The molecule has 0 bridgehead atoms. The second-order valence-corrected chi connectivity index (χ2v) is 7.91. The van der Waals surface area contributed by atoms with Gasteiger partial charge in [0.15, 0.2) is 0 Å². The molecule has 0 unspecified atom stereocenters. The third kappa shape index (κ3) is 12.3. The monoisotopic (exact) mass is 342 g/mol. The number of ether oxygens (including phenoxy) is 1. The molecule has 0 fully saturated rings. The second-order valence-electron chi connectivity index (χ2n) is 7.91. The normalized spacial score (nSPS) is 16.8. The van der Waals surface area contributed by atoms with E-state index in [2.05, 4.69) is 27.7 Å². The van der Waals surface area contributed by atoms with E-state index >= 15 is 0 Å². The van der Waals surface area contributed by atoms with Gasteiger partial charge in [-0.1, -0.05) is 91.9 Å². The van der Waals surface area contributed by atoms with Crippen LogP contribution in [-0.4, -0.2) is 23.9 Å². The molecule has 0 radical (unpaired) electrons. The molecule has 0 aromatic carbocycles. The predicted molar refractivity (Wildman–Crippen MR) is 107 cm³/mol. The van der Waals surface area contributed by atoms with Crippen molar-refractivity contribution < 1.29 is 9.84 Å². The van der Waals surface area contributed by atoms with Crippen molar-refractivity contribution in [2.75, 3.05) is 13.2 Å². The van der Waals surface area contributed by atoms with Crippen molar-refractivity contribution >= 4 is 0 Å². The van der Waals surface area contributed by atoms with E-state index < -0.39 is 5.60 Å². The van der Waals surface area contributed by atoms with Crippen molar-refractivity contribution in [3.05, 3.63) is 0 Å². The Morgan fingerprint density at radius 1 is 0.875 bits per heavy atom. The fraction of sp³-hybridized carbons (Fsp3) is 1.00. The lowest BCUT2D eigenvalue weighted by Crippen LogP contribution is -2.33. The highest BCUT2D eigenvalue weighted by atomic mass is 16.5. The largest absolute Gasteiger partial charge is 0.387 e. The fourth-order valence-electron chi connectivity index (χ4n) is 3.59. The van der Waals surface area contributed by atoms with Crippen molar-refractivity contribution in [1.29, 1.82) is 0 Å². The average molecular weight is 343 g/mol. The maximum atomic E-state index is 10.5. The van der Waals surface area contributed by atoms with Gasteiger partial charge >= 0.3 is 0 Å². The van der Waals surface area contributed by atoms with Crippen molar-refractivity contribution in [1.82, 2.24) is 0 Å². The number of rotatable bonds is 17. The maximum absolute atomic E-state index is 10.5. The summed E-state index contributed by atoms with van der Waals surface area (Å²) in [5.41, 5.74) is -0.600. The molecule has 2 nitrogen and oxygen atoms in total. The Kier molecular flexibility index (Phi) is 15.1. The molecule has 3 atom stereocenters. The van der Waals surface area contributed by atoms with E-state index in [-0.39, 0.29) is 0 Å². The molecular weight excluding hydrogens is 296 g/mol. The highest BCUT2D eigenvalue weighted by molar-refractivity contribution is 4.76. The standard InChI is InChI=1S/C22H46O2/c1-6-14-20(5)16-17-21(7-2)15-12-10-11-13-18-22(23,8-3)19-24-9-4/h20-21,23H,6-19H2,1-5H3/t20-,21-,22+/m0/s1. The van der Waals surface area contributed by atoms with Crippen molar-refractivity contribution in [2.24, 2.45) is 11.8 Å². The van der Waals surface area contributed by atoms with Crippen LogP contribution in [0.5, 0.6) is 0 Å². The molecule has 1 N–H and O–H groups in total. The molecular formula is C22H46O2. The minimum absolute atomic E-state index is 0.494. The first-order chi connectivity index (χ1) is 11.5. The number of hydrogen-bond acceptors (Lipinski definition) is 2. The molecule has 2 heteroatoms. The van der Waals surface area contributed by atoms with Crippen LogP contribution >= 0.6 is 0 Å². The molecule has 0 aliphatic carbocycles. The zero-order valence-electron chi connectivity index (χ0n) is 17.4. The smallest absolute Gasteiger partial charge is 0.0877 e.